The third-order valence-electron chi connectivity index (χ3n) is 1.21. The fourth-order valence-corrected chi connectivity index (χ4v) is 0.250. The quantitative estimate of drug-likeness (QED) is 0.642. The molecule has 0 rings (SSSR count). The van der Waals surface area contributed by atoms with E-state index in [0.29, 0.717) is 0 Å². The van der Waals surface area contributed by atoms with Crippen molar-refractivity contribution in [2.75, 3.05) is 54.9 Å². The van der Waals surface area contributed by atoms with Gasteiger partial charge < -0.3 is 21.3 Å². The maximum absolute atomic E-state index is 3.02. The fraction of sp³-hybridized carbons (Fsp3) is 1.00. The van der Waals surface area contributed by atoms with Crippen LogP contribution in [-0.4, -0.2) is 54.9 Å². The molecule has 0 spiro atoms. The van der Waals surface area contributed by atoms with E-state index in [9.17, 15) is 0 Å². The van der Waals surface area contributed by atoms with Crippen LogP contribution in [0.2, 0.25) is 0 Å². The van der Waals surface area contributed by atoms with E-state index in [-0.39, 0.29) is 29.7 Å². The Labute approximate surface area is 133 Å². The lowest BCUT2D eigenvalue weighted by atomic mass is 10.5. The average Bonchev–Trinajstić information content (AvgIpc) is 2.32. The van der Waals surface area contributed by atoms with Crippen LogP contribution in [-0.2, 0) is 0 Å². The molecule has 0 saturated heterocycles. The highest BCUT2D eigenvalue weighted by molar-refractivity contribution is 4.28. The zero-order chi connectivity index (χ0) is 13.7. The molecule has 0 saturated carbocycles. The van der Waals surface area contributed by atoms with E-state index >= 15 is 0 Å². The zero-order valence-corrected chi connectivity index (χ0v) is 12.8. The third-order valence-corrected chi connectivity index (χ3v) is 1.21. The molecule has 20 heavy (non-hydrogen) atoms. The Balaban J connectivity index is -0.0000000152. The summed E-state index contributed by atoms with van der Waals surface area (Å²) in [6, 6.07) is 0. The minimum atomic E-state index is 0. The molecular weight excluding hydrogens is 248 g/mol. The number of nitrogens with one attached hydrogen (secondary N) is 4. The van der Waals surface area contributed by atoms with Crippen molar-refractivity contribution in [2.45, 2.75) is 56.9 Å². The van der Waals surface area contributed by atoms with Crippen molar-refractivity contribution < 1.29 is 0 Å². The summed E-state index contributed by atoms with van der Waals surface area (Å²) in [6.45, 7) is 9.57. The summed E-state index contributed by atoms with van der Waals surface area (Å²) in [7, 11) is 9.57. The SMILES string of the molecule is C.C.C.C.CCCNC.CCNC.CCNC.CNC. The van der Waals surface area contributed by atoms with Gasteiger partial charge in [0, 0.05) is 0 Å². The Morgan fingerprint density at radius 2 is 0.750 bits per heavy atom. The average molecular weight is 301 g/mol. The topological polar surface area (TPSA) is 48.1 Å². The Morgan fingerprint density at radius 3 is 0.750 bits per heavy atom. The molecule has 0 aliphatic carbocycles. The highest BCUT2D eigenvalue weighted by Crippen LogP contribution is 1.62. The first kappa shape index (κ1) is 50.2. The van der Waals surface area contributed by atoms with Gasteiger partial charge >= 0.3 is 0 Å². The van der Waals surface area contributed by atoms with Crippen LogP contribution in [0.15, 0.2) is 0 Å². The normalized spacial score (nSPS) is 6.00. The van der Waals surface area contributed by atoms with Gasteiger partial charge in [0.25, 0.3) is 0 Å². The van der Waals surface area contributed by atoms with Crippen LogP contribution in [0.1, 0.15) is 56.9 Å². The molecule has 4 heteroatoms. The second-order valence-corrected chi connectivity index (χ2v) is 3.02. The molecule has 0 bridgehead atoms. The molecule has 4 N–H and O–H groups in total. The molecule has 136 valence electrons. The Kier molecular flexibility index (Phi) is 245. The first-order valence-corrected chi connectivity index (χ1v) is 6.18. The van der Waals surface area contributed by atoms with Gasteiger partial charge in [-0.15, -0.1) is 0 Å². The summed E-state index contributed by atoms with van der Waals surface area (Å²) < 4.78 is 0. The van der Waals surface area contributed by atoms with E-state index in [1.54, 1.807) is 0 Å². The second-order valence-electron chi connectivity index (χ2n) is 3.02. The van der Waals surface area contributed by atoms with Crippen LogP contribution in [0.4, 0.5) is 0 Å². The summed E-state index contributed by atoms with van der Waals surface area (Å²) in [4.78, 5) is 0. The highest BCUT2D eigenvalue weighted by atomic mass is 14.8. The summed E-state index contributed by atoms with van der Waals surface area (Å²) in [5.41, 5.74) is 0. The van der Waals surface area contributed by atoms with Gasteiger partial charge in [-0.2, -0.15) is 0 Å². The molecule has 0 unspecified atom stereocenters. The van der Waals surface area contributed by atoms with Gasteiger partial charge in [-0.1, -0.05) is 50.5 Å². The Morgan fingerprint density at radius 1 is 0.550 bits per heavy atom. The zero-order valence-electron chi connectivity index (χ0n) is 12.8. The van der Waals surface area contributed by atoms with Gasteiger partial charge in [0.1, 0.15) is 0 Å². The predicted molar refractivity (Wildman–Crippen MR) is 105 cm³/mol. The summed E-state index contributed by atoms with van der Waals surface area (Å²) >= 11 is 0. The summed E-state index contributed by atoms with van der Waals surface area (Å²) in [5.74, 6) is 0. The molecule has 0 amide bonds. The lowest BCUT2D eigenvalue weighted by Crippen LogP contribution is -2.04. The van der Waals surface area contributed by atoms with E-state index in [4.69, 9.17) is 0 Å². The number of hydrogen-bond acceptors (Lipinski definition) is 4. The van der Waals surface area contributed by atoms with Crippen LogP contribution in [0, 0.1) is 0 Å². The lowest BCUT2D eigenvalue weighted by Gasteiger charge is -1.84. The minimum absolute atomic E-state index is 0. The smallest absolute Gasteiger partial charge is 0.00546 e. The first-order chi connectivity index (χ1) is 7.66. The summed E-state index contributed by atoms with van der Waals surface area (Å²) in [6.07, 6.45) is 1.23. The summed E-state index contributed by atoms with van der Waals surface area (Å²) in [5, 5.41) is 11.6. The fourth-order valence-electron chi connectivity index (χ4n) is 0.250. The molecule has 0 aromatic heterocycles. The van der Waals surface area contributed by atoms with Crippen molar-refractivity contribution in [2.24, 2.45) is 0 Å². The first-order valence-electron chi connectivity index (χ1n) is 6.18. The molecule has 0 heterocycles. The van der Waals surface area contributed by atoms with Crippen LogP contribution in [0.5, 0.6) is 0 Å². The number of hydrogen-bond donors (Lipinski definition) is 4. The van der Waals surface area contributed by atoms with Crippen molar-refractivity contribution in [3.05, 3.63) is 0 Å². The van der Waals surface area contributed by atoms with Crippen LogP contribution >= 0.6 is 0 Å². The van der Waals surface area contributed by atoms with E-state index in [1.165, 1.54) is 6.42 Å². The van der Waals surface area contributed by atoms with Crippen LogP contribution in [0.25, 0.3) is 0 Å². The van der Waals surface area contributed by atoms with Crippen molar-refractivity contribution in [3.63, 3.8) is 0 Å². The van der Waals surface area contributed by atoms with E-state index in [2.05, 4.69) is 42.0 Å². The van der Waals surface area contributed by atoms with Crippen LogP contribution in [0.3, 0.4) is 0 Å². The van der Waals surface area contributed by atoms with Gasteiger partial charge in [-0.25, -0.2) is 0 Å². The van der Waals surface area contributed by atoms with E-state index in [0.717, 1.165) is 19.6 Å². The Hall–Kier alpha value is -0.160. The number of rotatable bonds is 4. The predicted octanol–water partition coefficient (Wildman–Crippen LogP) is 3.45. The van der Waals surface area contributed by atoms with Gasteiger partial charge in [-0.3, -0.25) is 0 Å². The second kappa shape index (κ2) is 97.6. The van der Waals surface area contributed by atoms with Crippen molar-refractivity contribution in [1.82, 2.24) is 21.3 Å². The van der Waals surface area contributed by atoms with E-state index in [1.807, 2.05) is 35.2 Å². The lowest BCUT2D eigenvalue weighted by molar-refractivity contribution is 0.772. The van der Waals surface area contributed by atoms with Gasteiger partial charge in [0.15, 0.2) is 0 Å². The molecule has 0 aromatic rings. The molecule has 0 aliphatic rings. The molecule has 0 radical (unpaired) electrons. The largest absolute Gasteiger partial charge is 0.323 e. The van der Waals surface area contributed by atoms with Gasteiger partial charge in [0.05, 0.1) is 0 Å². The molecule has 0 aromatic carbocycles. The van der Waals surface area contributed by atoms with Crippen molar-refractivity contribution >= 4 is 0 Å². The van der Waals surface area contributed by atoms with E-state index < -0.39 is 0 Å². The highest BCUT2D eigenvalue weighted by Gasteiger charge is 1.64. The van der Waals surface area contributed by atoms with Gasteiger partial charge in [0.2, 0.25) is 0 Å². The molecule has 0 aliphatic heterocycles. The maximum atomic E-state index is 3.02. The molecular formula is C16H52N4. The van der Waals surface area contributed by atoms with Gasteiger partial charge in [-0.05, 0) is 61.3 Å². The monoisotopic (exact) mass is 300 g/mol. The molecule has 0 atom stereocenters. The third kappa shape index (κ3) is 343. The Bertz CT molecular complexity index is 52.4. The van der Waals surface area contributed by atoms with Crippen LogP contribution < -0.4 is 21.3 Å². The minimum Gasteiger partial charge on any atom is -0.323 e. The standard InChI is InChI=1S/C4H11N.2C3H9N.C2H7N.4CH4/c1-3-4-5-2;2*1-3-4-2;1-3-2;;;;/h5H,3-4H2,1-2H3;2*4H,3H2,1-2H3;3H,1-2H3;4*1H4. The van der Waals surface area contributed by atoms with Crippen molar-refractivity contribution in [1.29, 1.82) is 0 Å². The molecule has 4 nitrogen and oxygen atoms in total. The maximum Gasteiger partial charge on any atom is -0.00546 e. The molecule has 0 fully saturated rings. The van der Waals surface area contributed by atoms with Crippen molar-refractivity contribution in [3.8, 4) is 0 Å².